The predicted molar refractivity (Wildman–Crippen MR) is 96.4 cm³/mol. The van der Waals surface area contributed by atoms with Gasteiger partial charge in [-0.3, -0.25) is 4.79 Å². The molecule has 126 valence electrons. The van der Waals surface area contributed by atoms with E-state index in [-0.39, 0.29) is 11.3 Å². The molecule has 24 heavy (non-hydrogen) atoms. The van der Waals surface area contributed by atoms with Crippen molar-refractivity contribution in [3.63, 3.8) is 0 Å². The van der Waals surface area contributed by atoms with Crippen LogP contribution < -0.4 is 10.3 Å². The molecule has 1 aliphatic rings. The van der Waals surface area contributed by atoms with E-state index in [0.29, 0.717) is 10.0 Å². The number of phenolic OH excluding ortho intramolecular Hbond substituents is 1. The van der Waals surface area contributed by atoms with Gasteiger partial charge in [0.15, 0.2) is 10.3 Å². The number of nitrogens with zero attached hydrogens (tertiary/aromatic N) is 3. The first-order chi connectivity index (χ1) is 11.6. The topological polar surface area (TPSA) is 77.8 Å². The van der Waals surface area contributed by atoms with Crippen LogP contribution >= 0.6 is 22.9 Å². The van der Waals surface area contributed by atoms with E-state index >= 15 is 0 Å². The van der Waals surface area contributed by atoms with Gasteiger partial charge < -0.3 is 10.0 Å². The molecule has 0 bridgehead atoms. The maximum atomic E-state index is 12.0. The van der Waals surface area contributed by atoms with Crippen molar-refractivity contribution in [1.82, 2.24) is 10.4 Å². The summed E-state index contributed by atoms with van der Waals surface area (Å²) in [6.45, 7) is 1.98. The number of phenols is 1. The quantitative estimate of drug-likeness (QED) is 0.644. The summed E-state index contributed by atoms with van der Waals surface area (Å²) in [5.74, 6) is -0.574. The maximum Gasteiger partial charge on any atom is 0.275 e. The standard InChI is InChI=1S/C16H17ClN4O2S/c17-14-13(24-16(19-14)21-8-4-1-5-9-21)10-18-20-15(23)11-6-2-3-7-12(11)22/h2-3,6-7,10,22H,1,4-5,8-9H2,(H,20,23)/b18-10-. The molecule has 2 N–H and O–H groups in total. The Balaban J connectivity index is 1.65. The molecule has 0 radical (unpaired) electrons. The van der Waals surface area contributed by atoms with Gasteiger partial charge in [-0.2, -0.15) is 5.10 Å². The summed E-state index contributed by atoms with van der Waals surface area (Å²) in [6, 6.07) is 6.29. The molecule has 0 saturated carbocycles. The van der Waals surface area contributed by atoms with Crippen LogP contribution in [0.2, 0.25) is 5.15 Å². The summed E-state index contributed by atoms with van der Waals surface area (Å²) in [6.07, 6.45) is 5.06. The van der Waals surface area contributed by atoms with E-state index in [4.69, 9.17) is 11.6 Å². The van der Waals surface area contributed by atoms with Gasteiger partial charge in [0.1, 0.15) is 5.75 Å². The largest absolute Gasteiger partial charge is 0.507 e. The normalized spacial score (nSPS) is 15.0. The fourth-order valence-corrected chi connectivity index (χ4v) is 3.65. The van der Waals surface area contributed by atoms with Crippen molar-refractivity contribution in [2.45, 2.75) is 19.3 Å². The number of para-hydroxylation sites is 1. The van der Waals surface area contributed by atoms with Crippen LogP contribution in [0.5, 0.6) is 5.75 Å². The number of benzene rings is 1. The molecule has 1 saturated heterocycles. The lowest BCUT2D eigenvalue weighted by atomic mass is 10.1. The maximum absolute atomic E-state index is 12.0. The van der Waals surface area contributed by atoms with Gasteiger partial charge in [0.05, 0.1) is 16.7 Å². The number of aromatic nitrogens is 1. The van der Waals surface area contributed by atoms with Crippen molar-refractivity contribution in [2.75, 3.05) is 18.0 Å². The number of nitrogens with one attached hydrogen (secondary N) is 1. The highest BCUT2D eigenvalue weighted by atomic mass is 35.5. The molecule has 0 aliphatic carbocycles. The first-order valence-corrected chi connectivity index (χ1v) is 8.87. The van der Waals surface area contributed by atoms with Crippen LogP contribution in [0, 0.1) is 0 Å². The molecule has 1 aliphatic heterocycles. The third-order valence-corrected chi connectivity index (χ3v) is 5.17. The Bertz CT molecular complexity index is 756. The number of anilines is 1. The van der Waals surface area contributed by atoms with Gasteiger partial charge in [0.2, 0.25) is 0 Å². The first-order valence-electron chi connectivity index (χ1n) is 7.68. The monoisotopic (exact) mass is 364 g/mol. The molecular formula is C16H17ClN4O2S. The molecule has 0 atom stereocenters. The zero-order valence-corrected chi connectivity index (χ0v) is 14.5. The van der Waals surface area contributed by atoms with Gasteiger partial charge in [0, 0.05) is 13.1 Å². The second kappa shape index (κ2) is 7.63. The van der Waals surface area contributed by atoms with Gasteiger partial charge in [0.25, 0.3) is 5.91 Å². The van der Waals surface area contributed by atoms with Crippen LogP contribution in [-0.2, 0) is 0 Å². The number of aromatic hydroxyl groups is 1. The number of hydrogen-bond acceptors (Lipinski definition) is 6. The van der Waals surface area contributed by atoms with Crippen LogP contribution in [0.15, 0.2) is 29.4 Å². The number of halogens is 1. The number of hydrogen-bond donors (Lipinski definition) is 2. The summed E-state index contributed by atoms with van der Waals surface area (Å²) in [5, 5.41) is 14.8. The number of carbonyl (C=O) groups excluding carboxylic acids is 1. The summed E-state index contributed by atoms with van der Waals surface area (Å²) in [5.41, 5.74) is 2.55. The van der Waals surface area contributed by atoms with E-state index in [2.05, 4.69) is 20.4 Å². The van der Waals surface area contributed by atoms with Gasteiger partial charge in [-0.05, 0) is 31.4 Å². The molecule has 1 aromatic carbocycles. The summed E-state index contributed by atoms with van der Waals surface area (Å²) in [4.78, 5) is 19.2. The van der Waals surface area contributed by atoms with Crippen molar-refractivity contribution in [2.24, 2.45) is 5.10 Å². The van der Waals surface area contributed by atoms with Crippen molar-refractivity contribution in [1.29, 1.82) is 0 Å². The van der Waals surface area contributed by atoms with Crippen LogP contribution in [-0.4, -0.2) is 35.3 Å². The van der Waals surface area contributed by atoms with E-state index in [1.54, 1.807) is 12.1 Å². The zero-order chi connectivity index (χ0) is 16.9. The highest BCUT2D eigenvalue weighted by molar-refractivity contribution is 7.17. The molecule has 1 amide bonds. The van der Waals surface area contributed by atoms with E-state index < -0.39 is 5.91 Å². The Labute approximate surface area is 148 Å². The van der Waals surface area contributed by atoms with E-state index in [1.807, 2.05) is 0 Å². The van der Waals surface area contributed by atoms with Crippen LogP contribution in [0.3, 0.4) is 0 Å². The van der Waals surface area contributed by atoms with Crippen molar-refractivity contribution in [3.8, 4) is 5.75 Å². The minimum atomic E-state index is -0.485. The molecule has 2 aromatic rings. The van der Waals surface area contributed by atoms with Crippen molar-refractivity contribution < 1.29 is 9.90 Å². The second-order valence-electron chi connectivity index (χ2n) is 5.42. The van der Waals surface area contributed by atoms with E-state index in [0.717, 1.165) is 31.1 Å². The Hall–Kier alpha value is -2.12. The molecule has 8 heteroatoms. The third-order valence-electron chi connectivity index (χ3n) is 3.72. The summed E-state index contributed by atoms with van der Waals surface area (Å²) >= 11 is 7.60. The van der Waals surface area contributed by atoms with Gasteiger partial charge >= 0.3 is 0 Å². The smallest absolute Gasteiger partial charge is 0.275 e. The van der Waals surface area contributed by atoms with Gasteiger partial charge in [-0.1, -0.05) is 35.1 Å². The predicted octanol–water partition coefficient (Wildman–Crippen LogP) is 3.26. The Morgan fingerprint density at radius 1 is 1.33 bits per heavy atom. The highest BCUT2D eigenvalue weighted by Crippen LogP contribution is 2.30. The van der Waals surface area contributed by atoms with E-state index in [9.17, 15) is 9.90 Å². The third kappa shape index (κ3) is 3.85. The molecular weight excluding hydrogens is 348 g/mol. The number of thiazole rings is 1. The SMILES string of the molecule is O=C(N/N=C\c1sc(N2CCCCC2)nc1Cl)c1ccccc1O. The Kier molecular flexibility index (Phi) is 5.32. The minimum Gasteiger partial charge on any atom is -0.507 e. The molecule has 2 heterocycles. The summed E-state index contributed by atoms with van der Waals surface area (Å²) in [7, 11) is 0. The number of rotatable bonds is 4. The number of carbonyl (C=O) groups is 1. The second-order valence-corrected chi connectivity index (χ2v) is 6.78. The van der Waals surface area contributed by atoms with Crippen molar-refractivity contribution in [3.05, 3.63) is 39.9 Å². The van der Waals surface area contributed by atoms with Crippen molar-refractivity contribution >= 4 is 40.2 Å². The molecule has 1 aromatic heterocycles. The molecule has 6 nitrogen and oxygen atoms in total. The lowest BCUT2D eigenvalue weighted by Gasteiger charge is -2.25. The lowest BCUT2D eigenvalue weighted by molar-refractivity contribution is 0.0952. The van der Waals surface area contributed by atoms with Crippen LogP contribution in [0.1, 0.15) is 34.5 Å². The lowest BCUT2D eigenvalue weighted by Crippen LogP contribution is -2.29. The van der Waals surface area contributed by atoms with Gasteiger partial charge in [-0.25, -0.2) is 10.4 Å². The Morgan fingerprint density at radius 3 is 2.83 bits per heavy atom. The fraction of sp³-hybridized carbons (Fsp3) is 0.312. The summed E-state index contributed by atoms with van der Waals surface area (Å²) < 4.78 is 0. The first kappa shape index (κ1) is 16.7. The van der Waals surface area contributed by atoms with Crippen LogP contribution in [0.4, 0.5) is 5.13 Å². The van der Waals surface area contributed by atoms with E-state index in [1.165, 1.54) is 36.1 Å². The van der Waals surface area contributed by atoms with Crippen LogP contribution in [0.25, 0.3) is 0 Å². The van der Waals surface area contributed by atoms with Gasteiger partial charge in [-0.15, -0.1) is 0 Å². The molecule has 3 rings (SSSR count). The average molecular weight is 365 g/mol. The average Bonchev–Trinajstić information content (AvgIpc) is 2.97. The molecule has 1 fully saturated rings. The number of hydrazone groups is 1. The number of piperidine rings is 1. The number of amides is 1. The fourth-order valence-electron chi connectivity index (χ4n) is 2.48. The highest BCUT2D eigenvalue weighted by Gasteiger charge is 2.17. The zero-order valence-electron chi connectivity index (χ0n) is 12.9. The molecule has 0 spiro atoms. The minimum absolute atomic E-state index is 0.0894. The Morgan fingerprint density at radius 2 is 2.08 bits per heavy atom. The molecule has 0 unspecified atom stereocenters.